The molecule has 1 unspecified atom stereocenters. The van der Waals surface area contributed by atoms with Crippen LogP contribution in [0.3, 0.4) is 0 Å². The van der Waals surface area contributed by atoms with Crippen molar-refractivity contribution < 1.29 is 0 Å². The van der Waals surface area contributed by atoms with E-state index in [-0.39, 0.29) is 0 Å². The van der Waals surface area contributed by atoms with Crippen LogP contribution in [0.5, 0.6) is 0 Å². The van der Waals surface area contributed by atoms with Gasteiger partial charge in [0, 0.05) is 25.6 Å². The summed E-state index contributed by atoms with van der Waals surface area (Å²) in [4.78, 5) is 7.58. The summed E-state index contributed by atoms with van der Waals surface area (Å²) in [6.45, 7) is 12.6. The van der Waals surface area contributed by atoms with Crippen LogP contribution in [0.15, 0.2) is 6.33 Å². The second kappa shape index (κ2) is 4.32. The molecule has 1 aliphatic heterocycles. The Morgan fingerprint density at radius 2 is 2.00 bits per heavy atom. The van der Waals surface area contributed by atoms with E-state index in [0.29, 0.717) is 16.9 Å². The van der Waals surface area contributed by atoms with Crippen LogP contribution in [0.1, 0.15) is 39.1 Å². The minimum Gasteiger partial charge on any atom is -0.347 e. The monoisotopic (exact) mass is 262 g/mol. The highest BCUT2D eigenvalue weighted by Gasteiger charge is 2.63. The number of fused-ring (bicyclic) bond motifs is 1. The molecule has 3 N–H and O–H groups in total. The standard InChI is InChI=1S/C15H26N4/c1-14(2)13(15(14,3)4)8-16-6-10-5-11-12(7-17-10)19-9-18-11/h9-10,13,16-17H,5-8H2,1-4H3,(H,18,19). The quantitative estimate of drug-likeness (QED) is 0.774. The molecule has 3 rings (SSSR count). The van der Waals surface area contributed by atoms with Crippen molar-refractivity contribution in [1.29, 1.82) is 0 Å². The molecule has 2 heterocycles. The van der Waals surface area contributed by atoms with Crippen LogP contribution in [0.25, 0.3) is 0 Å². The molecule has 19 heavy (non-hydrogen) atoms. The molecule has 106 valence electrons. The lowest BCUT2D eigenvalue weighted by Gasteiger charge is -2.23. The molecule has 1 aromatic heterocycles. The smallest absolute Gasteiger partial charge is 0.0925 e. The first kappa shape index (κ1) is 13.1. The van der Waals surface area contributed by atoms with Crippen molar-refractivity contribution in [2.45, 2.75) is 46.7 Å². The maximum Gasteiger partial charge on any atom is 0.0925 e. The summed E-state index contributed by atoms with van der Waals surface area (Å²) >= 11 is 0. The van der Waals surface area contributed by atoms with Crippen LogP contribution in [-0.4, -0.2) is 29.1 Å². The van der Waals surface area contributed by atoms with E-state index >= 15 is 0 Å². The summed E-state index contributed by atoms with van der Waals surface area (Å²) in [6.07, 6.45) is 2.83. The number of rotatable bonds is 4. The molecule has 1 saturated carbocycles. The summed E-state index contributed by atoms with van der Waals surface area (Å²) in [7, 11) is 0. The van der Waals surface area contributed by atoms with Crippen molar-refractivity contribution >= 4 is 0 Å². The topological polar surface area (TPSA) is 52.7 Å². The van der Waals surface area contributed by atoms with E-state index in [2.05, 4.69) is 48.3 Å². The maximum atomic E-state index is 4.39. The van der Waals surface area contributed by atoms with Gasteiger partial charge in [-0.25, -0.2) is 4.98 Å². The first-order valence-electron chi connectivity index (χ1n) is 7.38. The van der Waals surface area contributed by atoms with Crippen LogP contribution < -0.4 is 10.6 Å². The van der Waals surface area contributed by atoms with E-state index in [1.807, 2.05) is 0 Å². The van der Waals surface area contributed by atoms with E-state index in [0.717, 1.165) is 32.0 Å². The Labute approximate surface area is 115 Å². The predicted octanol–water partition coefficient (Wildman–Crippen LogP) is 1.70. The number of hydrogen-bond donors (Lipinski definition) is 3. The molecule has 4 nitrogen and oxygen atoms in total. The van der Waals surface area contributed by atoms with Gasteiger partial charge in [0.15, 0.2) is 0 Å². The Bertz CT molecular complexity index is 446. The van der Waals surface area contributed by atoms with Gasteiger partial charge in [-0.05, 0) is 23.3 Å². The third-order valence-electron chi connectivity index (χ3n) is 5.87. The van der Waals surface area contributed by atoms with Crippen LogP contribution >= 0.6 is 0 Å². The van der Waals surface area contributed by atoms with Gasteiger partial charge < -0.3 is 15.6 Å². The molecular formula is C15H26N4. The van der Waals surface area contributed by atoms with E-state index < -0.39 is 0 Å². The van der Waals surface area contributed by atoms with Crippen molar-refractivity contribution in [2.75, 3.05) is 13.1 Å². The highest BCUT2D eigenvalue weighted by molar-refractivity contribution is 5.16. The van der Waals surface area contributed by atoms with Gasteiger partial charge in [-0.2, -0.15) is 0 Å². The average Bonchev–Trinajstić information content (AvgIpc) is 2.74. The summed E-state index contributed by atoms with van der Waals surface area (Å²) in [5.74, 6) is 0.796. The normalized spacial score (nSPS) is 28.1. The number of aromatic amines is 1. The lowest BCUT2D eigenvalue weighted by atomic mass is 10.0. The Morgan fingerprint density at radius 1 is 1.26 bits per heavy atom. The fourth-order valence-electron chi connectivity index (χ4n) is 3.62. The van der Waals surface area contributed by atoms with E-state index in [9.17, 15) is 0 Å². The second-order valence-electron chi connectivity index (χ2n) is 7.26. The van der Waals surface area contributed by atoms with Gasteiger partial charge in [-0.3, -0.25) is 0 Å². The summed E-state index contributed by atoms with van der Waals surface area (Å²) in [5, 5.41) is 7.21. The van der Waals surface area contributed by atoms with Crippen molar-refractivity contribution in [1.82, 2.24) is 20.6 Å². The molecule has 1 aromatic rings. The van der Waals surface area contributed by atoms with Gasteiger partial charge in [-0.15, -0.1) is 0 Å². The molecule has 4 heteroatoms. The molecule has 0 amide bonds. The third kappa shape index (κ3) is 2.11. The first-order chi connectivity index (χ1) is 8.93. The maximum absolute atomic E-state index is 4.39. The third-order valence-corrected chi connectivity index (χ3v) is 5.87. The zero-order valence-corrected chi connectivity index (χ0v) is 12.5. The number of H-pyrrole nitrogens is 1. The fourth-order valence-corrected chi connectivity index (χ4v) is 3.62. The lowest BCUT2D eigenvalue weighted by Crippen LogP contribution is -2.43. The summed E-state index contributed by atoms with van der Waals surface area (Å²) in [6, 6.07) is 0.515. The Hall–Kier alpha value is -0.870. The van der Waals surface area contributed by atoms with Crippen molar-refractivity contribution in [3.8, 4) is 0 Å². The number of aromatic nitrogens is 2. The number of nitrogens with one attached hydrogen (secondary N) is 3. The van der Waals surface area contributed by atoms with Gasteiger partial charge in [0.2, 0.25) is 0 Å². The van der Waals surface area contributed by atoms with Crippen LogP contribution in [0.4, 0.5) is 0 Å². The van der Waals surface area contributed by atoms with Crippen molar-refractivity contribution in [3.05, 3.63) is 17.7 Å². The van der Waals surface area contributed by atoms with Crippen LogP contribution in [-0.2, 0) is 13.0 Å². The molecule has 0 aromatic carbocycles. The molecule has 2 aliphatic rings. The molecule has 1 atom stereocenters. The second-order valence-corrected chi connectivity index (χ2v) is 7.26. The summed E-state index contributed by atoms with van der Waals surface area (Å²) < 4.78 is 0. The highest BCUT2D eigenvalue weighted by Crippen LogP contribution is 2.67. The van der Waals surface area contributed by atoms with Crippen LogP contribution in [0, 0.1) is 16.7 Å². The molecule has 0 saturated heterocycles. The first-order valence-corrected chi connectivity index (χ1v) is 7.38. The fraction of sp³-hybridized carbons (Fsp3) is 0.800. The van der Waals surface area contributed by atoms with E-state index in [4.69, 9.17) is 0 Å². The highest BCUT2D eigenvalue weighted by atomic mass is 15.0. The van der Waals surface area contributed by atoms with E-state index in [1.54, 1.807) is 6.33 Å². The molecular weight excluding hydrogens is 236 g/mol. The molecule has 0 bridgehead atoms. The number of hydrogen-bond acceptors (Lipinski definition) is 3. The Morgan fingerprint density at radius 3 is 2.68 bits per heavy atom. The number of imidazole rings is 1. The lowest BCUT2D eigenvalue weighted by molar-refractivity contribution is 0.425. The zero-order chi connectivity index (χ0) is 13.7. The van der Waals surface area contributed by atoms with E-state index in [1.165, 1.54) is 11.4 Å². The SMILES string of the molecule is CC1(C)C(CNCC2Cc3nc[nH]c3CN2)C1(C)C. The van der Waals surface area contributed by atoms with Gasteiger partial charge in [0.25, 0.3) is 0 Å². The summed E-state index contributed by atoms with van der Waals surface area (Å²) in [5.41, 5.74) is 3.45. The van der Waals surface area contributed by atoms with Crippen molar-refractivity contribution in [2.24, 2.45) is 16.7 Å². The van der Waals surface area contributed by atoms with Gasteiger partial charge in [0.05, 0.1) is 17.7 Å². The molecule has 1 aliphatic carbocycles. The van der Waals surface area contributed by atoms with Gasteiger partial charge in [-0.1, -0.05) is 27.7 Å². The minimum atomic E-state index is 0.482. The van der Waals surface area contributed by atoms with Gasteiger partial charge >= 0.3 is 0 Å². The number of nitrogens with zero attached hydrogens (tertiary/aromatic N) is 1. The zero-order valence-electron chi connectivity index (χ0n) is 12.5. The minimum absolute atomic E-state index is 0.482. The molecule has 0 spiro atoms. The average molecular weight is 262 g/mol. The molecule has 0 radical (unpaired) electrons. The predicted molar refractivity (Wildman–Crippen MR) is 76.8 cm³/mol. The van der Waals surface area contributed by atoms with Crippen molar-refractivity contribution in [3.63, 3.8) is 0 Å². The van der Waals surface area contributed by atoms with Gasteiger partial charge in [0.1, 0.15) is 0 Å². The Kier molecular flexibility index (Phi) is 2.98. The molecule has 1 fully saturated rings. The largest absolute Gasteiger partial charge is 0.347 e. The Balaban J connectivity index is 1.45. The van der Waals surface area contributed by atoms with Crippen LogP contribution in [0.2, 0.25) is 0 Å².